The summed E-state index contributed by atoms with van der Waals surface area (Å²) in [6.07, 6.45) is -4.39. The number of para-hydroxylation sites is 1. The van der Waals surface area contributed by atoms with Gasteiger partial charge in [-0.1, -0.05) is 42.5 Å². The lowest BCUT2D eigenvalue weighted by Gasteiger charge is -2.39. The third kappa shape index (κ3) is 5.47. The van der Waals surface area contributed by atoms with E-state index in [1.807, 2.05) is 36.4 Å². The first-order chi connectivity index (χ1) is 17.3. The molecule has 0 bridgehead atoms. The van der Waals surface area contributed by atoms with Crippen LogP contribution in [0.2, 0.25) is 0 Å². The van der Waals surface area contributed by atoms with Gasteiger partial charge in [0.2, 0.25) is 5.82 Å². The van der Waals surface area contributed by atoms with Gasteiger partial charge in [-0.25, -0.2) is 0 Å². The molecule has 1 aromatic heterocycles. The van der Waals surface area contributed by atoms with Crippen molar-refractivity contribution in [2.45, 2.75) is 24.9 Å². The number of tetrazole rings is 1. The first-order valence-electron chi connectivity index (χ1n) is 11.1. The quantitative estimate of drug-likeness (QED) is 0.364. The van der Waals surface area contributed by atoms with Crippen LogP contribution in [0.25, 0.3) is 11.4 Å². The zero-order chi connectivity index (χ0) is 25.2. The van der Waals surface area contributed by atoms with Crippen molar-refractivity contribution < 1.29 is 22.1 Å². The Morgan fingerprint density at radius 1 is 0.972 bits per heavy atom. The molecule has 0 saturated carbocycles. The Bertz CT molecular complexity index is 1350. The third-order valence-corrected chi connectivity index (χ3v) is 7.47. The Morgan fingerprint density at radius 2 is 1.67 bits per heavy atom. The van der Waals surface area contributed by atoms with Crippen LogP contribution in [0.3, 0.4) is 0 Å². The highest BCUT2D eigenvalue weighted by Crippen LogP contribution is 2.32. The highest BCUT2D eigenvalue weighted by atomic mass is 32.2. The number of halogens is 3. The molecule has 5 rings (SSSR count). The Balaban J connectivity index is 1.31. The molecule has 186 valence electrons. The summed E-state index contributed by atoms with van der Waals surface area (Å²) in [5, 5.41) is 16.0. The number of alkyl halides is 3. The number of hydrogen-bond acceptors (Lipinski definition) is 6. The number of benzene rings is 3. The van der Waals surface area contributed by atoms with Crippen LogP contribution in [-0.2, 0) is 34.9 Å². The maximum Gasteiger partial charge on any atom is 0.416 e. The van der Waals surface area contributed by atoms with Gasteiger partial charge in [0, 0.05) is 27.7 Å². The molecule has 36 heavy (non-hydrogen) atoms. The largest absolute Gasteiger partial charge is 0.416 e. The van der Waals surface area contributed by atoms with Crippen molar-refractivity contribution in [1.29, 1.82) is 0 Å². The van der Waals surface area contributed by atoms with Gasteiger partial charge in [-0.2, -0.15) is 18.0 Å². The van der Waals surface area contributed by atoms with Crippen LogP contribution in [0, 0.1) is 0 Å². The van der Waals surface area contributed by atoms with E-state index in [0.29, 0.717) is 47.4 Å². The molecular formula is C25H22F3N5O2S. The van der Waals surface area contributed by atoms with E-state index in [1.54, 1.807) is 18.2 Å². The number of aromatic nitrogens is 4. The van der Waals surface area contributed by atoms with Crippen LogP contribution in [0.5, 0.6) is 0 Å². The zero-order valence-electron chi connectivity index (χ0n) is 19.0. The van der Waals surface area contributed by atoms with Crippen molar-refractivity contribution in [2.24, 2.45) is 0 Å². The lowest BCUT2D eigenvalue weighted by atomic mass is 10.1. The van der Waals surface area contributed by atoms with E-state index in [9.17, 15) is 17.4 Å². The van der Waals surface area contributed by atoms with Gasteiger partial charge >= 0.3 is 6.18 Å². The van der Waals surface area contributed by atoms with E-state index in [1.165, 1.54) is 16.9 Å². The lowest BCUT2D eigenvalue weighted by molar-refractivity contribution is -0.137. The summed E-state index contributed by atoms with van der Waals surface area (Å²) >= 11 is 0. The summed E-state index contributed by atoms with van der Waals surface area (Å²) in [5.74, 6) is 1.13. The van der Waals surface area contributed by atoms with Gasteiger partial charge in [0.25, 0.3) is 0 Å². The standard InChI is InChI=1S/C25H22F3N5O2S/c26-25(27,28)19-10-12-20(13-11-19)29-22-9-5-4-8-21(22)23-30-32-33(31-23)15-24(16-36(34)17-24)35-14-18-6-2-1-3-7-18/h1-13,29H,14-17H2. The fourth-order valence-corrected chi connectivity index (χ4v) is 5.37. The fourth-order valence-electron chi connectivity index (χ4n) is 3.94. The molecule has 1 N–H and O–H groups in total. The molecule has 1 fully saturated rings. The maximum atomic E-state index is 12.9. The number of ether oxygens (including phenoxy) is 1. The average Bonchev–Trinajstić information content (AvgIpc) is 3.31. The summed E-state index contributed by atoms with van der Waals surface area (Å²) in [7, 11) is -0.951. The summed E-state index contributed by atoms with van der Waals surface area (Å²) in [4.78, 5) is 1.44. The Hall–Kier alpha value is -3.57. The van der Waals surface area contributed by atoms with Crippen molar-refractivity contribution in [1.82, 2.24) is 20.2 Å². The molecule has 3 aromatic carbocycles. The lowest BCUT2D eigenvalue weighted by Crippen LogP contribution is -2.56. The van der Waals surface area contributed by atoms with E-state index in [2.05, 4.69) is 20.7 Å². The minimum absolute atomic E-state index is 0.299. The van der Waals surface area contributed by atoms with E-state index >= 15 is 0 Å². The highest BCUT2D eigenvalue weighted by molar-refractivity contribution is 7.86. The molecule has 0 amide bonds. The summed E-state index contributed by atoms with van der Waals surface area (Å²) in [6.45, 7) is 0.687. The first-order valence-corrected chi connectivity index (χ1v) is 12.6. The minimum Gasteiger partial charge on any atom is -0.366 e. The van der Waals surface area contributed by atoms with Gasteiger partial charge in [-0.15, -0.1) is 10.2 Å². The molecule has 0 atom stereocenters. The number of rotatable bonds is 8. The van der Waals surface area contributed by atoms with E-state index in [-0.39, 0.29) is 0 Å². The topological polar surface area (TPSA) is 81.9 Å². The van der Waals surface area contributed by atoms with Crippen LogP contribution in [-0.4, -0.2) is 41.5 Å². The number of nitrogens with one attached hydrogen (secondary N) is 1. The van der Waals surface area contributed by atoms with Gasteiger partial charge in [0.1, 0.15) is 5.60 Å². The molecule has 1 aliphatic heterocycles. The van der Waals surface area contributed by atoms with Crippen LogP contribution in [0.1, 0.15) is 11.1 Å². The third-order valence-electron chi connectivity index (χ3n) is 5.78. The van der Waals surface area contributed by atoms with Crippen LogP contribution in [0.15, 0.2) is 78.9 Å². The second-order valence-corrected chi connectivity index (χ2v) is 10.0. The normalized spacial score (nSPS) is 19.6. The zero-order valence-corrected chi connectivity index (χ0v) is 19.8. The van der Waals surface area contributed by atoms with E-state index < -0.39 is 28.1 Å². The molecule has 0 spiro atoms. The second-order valence-electron chi connectivity index (χ2n) is 8.57. The van der Waals surface area contributed by atoms with Crippen LogP contribution in [0.4, 0.5) is 24.5 Å². The second kappa shape index (κ2) is 9.82. The predicted molar refractivity (Wildman–Crippen MR) is 130 cm³/mol. The highest BCUT2D eigenvalue weighted by Gasteiger charge is 2.45. The number of hydrogen-bond donors (Lipinski definition) is 1. The molecule has 7 nitrogen and oxygen atoms in total. The molecule has 0 unspecified atom stereocenters. The number of nitrogens with zero attached hydrogens (tertiary/aromatic N) is 4. The van der Waals surface area contributed by atoms with Crippen molar-refractivity contribution >= 4 is 22.2 Å². The molecule has 1 aliphatic rings. The molecule has 0 radical (unpaired) electrons. The molecule has 0 aliphatic carbocycles. The van der Waals surface area contributed by atoms with Crippen LogP contribution >= 0.6 is 0 Å². The summed E-state index contributed by atoms with van der Waals surface area (Å²) < 4.78 is 56.7. The Morgan fingerprint density at radius 3 is 2.36 bits per heavy atom. The number of anilines is 2. The summed E-state index contributed by atoms with van der Waals surface area (Å²) in [5.41, 5.74) is 1.41. The molecule has 4 aromatic rings. The molecule has 2 heterocycles. The van der Waals surface area contributed by atoms with Crippen molar-refractivity contribution in [3.05, 3.63) is 90.0 Å². The average molecular weight is 514 g/mol. The van der Waals surface area contributed by atoms with Gasteiger partial charge in [-0.3, -0.25) is 4.21 Å². The molecular weight excluding hydrogens is 491 g/mol. The smallest absolute Gasteiger partial charge is 0.366 e. The van der Waals surface area contributed by atoms with Crippen molar-refractivity contribution in [3.8, 4) is 11.4 Å². The van der Waals surface area contributed by atoms with E-state index in [4.69, 9.17) is 4.74 Å². The fraction of sp³-hybridized carbons (Fsp3) is 0.240. The molecule has 11 heteroatoms. The SMILES string of the molecule is O=S1CC(Cn2nnc(-c3ccccc3Nc3ccc(C(F)(F)F)cc3)n2)(OCc2ccccc2)C1. The van der Waals surface area contributed by atoms with Gasteiger partial charge < -0.3 is 10.1 Å². The van der Waals surface area contributed by atoms with E-state index in [0.717, 1.165) is 17.7 Å². The Kier molecular flexibility index (Phi) is 6.59. The summed E-state index contributed by atoms with van der Waals surface area (Å²) in [6, 6.07) is 21.7. The first kappa shape index (κ1) is 24.1. The van der Waals surface area contributed by atoms with Crippen molar-refractivity contribution in [2.75, 3.05) is 16.8 Å². The monoisotopic (exact) mass is 513 g/mol. The van der Waals surface area contributed by atoms with Gasteiger partial charge in [0.05, 0.1) is 30.2 Å². The van der Waals surface area contributed by atoms with Gasteiger partial charge in [0.15, 0.2) is 0 Å². The predicted octanol–water partition coefficient (Wildman–Crippen LogP) is 4.82. The van der Waals surface area contributed by atoms with Crippen LogP contribution < -0.4 is 5.32 Å². The maximum absolute atomic E-state index is 12.9. The molecule has 1 saturated heterocycles. The van der Waals surface area contributed by atoms with Gasteiger partial charge in [-0.05, 0) is 47.2 Å². The minimum atomic E-state index is -4.39. The Labute approximate surface area is 207 Å². The van der Waals surface area contributed by atoms with Crippen molar-refractivity contribution in [3.63, 3.8) is 0 Å².